The Morgan fingerprint density at radius 2 is 2.20 bits per heavy atom. The predicted octanol–water partition coefficient (Wildman–Crippen LogP) is 4.78. The number of nitrogens with one attached hydrogen (secondary N) is 1. The second kappa shape index (κ2) is 9.30. The average Bonchev–Trinajstić information content (AvgIpc) is 3.16. The molecule has 0 spiro atoms. The summed E-state index contributed by atoms with van der Waals surface area (Å²) in [7, 11) is 1.56. The number of hydrazone groups is 1. The van der Waals surface area contributed by atoms with Crippen LogP contribution in [0.4, 0.5) is 11.5 Å². The molecule has 0 aliphatic carbocycles. The van der Waals surface area contributed by atoms with Gasteiger partial charge in [0.05, 0.1) is 17.7 Å². The molecule has 9 nitrogen and oxygen atoms in total. The molecule has 30 heavy (non-hydrogen) atoms. The Morgan fingerprint density at radius 3 is 2.87 bits per heavy atom. The van der Waals surface area contributed by atoms with E-state index in [-0.39, 0.29) is 12.3 Å². The molecule has 0 amide bonds. The number of aromatic nitrogens is 1. The van der Waals surface area contributed by atoms with Crippen molar-refractivity contribution in [1.82, 2.24) is 4.98 Å². The second-order valence-corrected chi connectivity index (χ2v) is 7.04. The van der Waals surface area contributed by atoms with Crippen molar-refractivity contribution >= 4 is 33.6 Å². The Bertz CT molecular complexity index is 1170. The highest BCUT2D eigenvalue weighted by atomic mass is 79.9. The van der Waals surface area contributed by atoms with Gasteiger partial charge in [-0.25, -0.2) is 4.98 Å². The summed E-state index contributed by atoms with van der Waals surface area (Å²) in [5.41, 5.74) is 5.22. The number of benzene rings is 1. The summed E-state index contributed by atoms with van der Waals surface area (Å²) in [6.45, 7) is 2.10. The number of halogens is 1. The first-order valence-corrected chi connectivity index (χ1v) is 9.45. The predicted molar refractivity (Wildman–Crippen MR) is 114 cm³/mol. The maximum Gasteiger partial charge on any atom is 0.270 e. The van der Waals surface area contributed by atoms with Crippen molar-refractivity contribution in [1.29, 1.82) is 5.26 Å². The largest absolute Gasteiger partial charge is 0.455 e. The van der Waals surface area contributed by atoms with E-state index in [9.17, 15) is 15.4 Å². The van der Waals surface area contributed by atoms with E-state index in [1.165, 1.54) is 18.3 Å². The van der Waals surface area contributed by atoms with Gasteiger partial charge in [0.15, 0.2) is 5.82 Å². The molecule has 0 atom stereocenters. The van der Waals surface area contributed by atoms with Crippen LogP contribution in [0.1, 0.15) is 22.6 Å². The Balaban J connectivity index is 1.79. The van der Waals surface area contributed by atoms with Gasteiger partial charge in [-0.1, -0.05) is 0 Å². The summed E-state index contributed by atoms with van der Waals surface area (Å²) in [5.74, 6) is 1.30. The normalized spacial score (nSPS) is 10.9. The smallest absolute Gasteiger partial charge is 0.270 e. The number of non-ortho nitro benzene ring substituents is 1. The third-order valence-corrected chi connectivity index (χ3v) is 4.71. The van der Waals surface area contributed by atoms with Crippen LogP contribution in [-0.2, 0) is 11.3 Å². The number of nitriles is 1. The van der Waals surface area contributed by atoms with Crippen LogP contribution in [0.2, 0.25) is 0 Å². The highest BCUT2D eigenvalue weighted by Crippen LogP contribution is 2.32. The van der Waals surface area contributed by atoms with E-state index >= 15 is 0 Å². The molecule has 152 valence electrons. The van der Waals surface area contributed by atoms with Gasteiger partial charge in [0.1, 0.15) is 23.2 Å². The van der Waals surface area contributed by atoms with Gasteiger partial charge < -0.3 is 9.15 Å². The van der Waals surface area contributed by atoms with Gasteiger partial charge in [-0.2, -0.15) is 10.4 Å². The first-order chi connectivity index (χ1) is 14.4. The molecule has 0 saturated heterocycles. The number of hydrogen-bond acceptors (Lipinski definition) is 8. The molecule has 0 fully saturated rings. The third kappa shape index (κ3) is 4.71. The Labute approximate surface area is 180 Å². The van der Waals surface area contributed by atoms with Gasteiger partial charge in [0.25, 0.3) is 5.69 Å². The highest BCUT2D eigenvalue weighted by Gasteiger charge is 2.13. The van der Waals surface area contributed by atoms with Crippen LogP contribution in [0.3, 0.4) is 0 Å². The number of furan rings is 1. The van der Waals surface area contributed by atoms with Crippen molar-refractivity contribution in [2.24, 2.45) is 5.10 Å². The Hall–Kier alpha value is -3.55. The fraction of sp³-hybridized carbons (Fsp3) is 0.150. The van der Waals surface area contributed by atoms with Gasteiger partial charge in [0, 0.05) is 40.5 Å². The molecule has 0 aliphatic rings. The molecule has 0 bridgehead atoms. The number of pyridine rings is 1. The van der Waals surface area contributed by atoms with E-state index in [4.69, 9.17) is 9.15 Å². The summed E-state index contributed by atoms with van der Waals surface area (Å²) in [5, 5.41) is 24.4. The number of ether oxygens (including phenoxy) is 1. The van der Waals surface area contributed by atoms with Gasteiger partial charge >= 0.3 is 0 Å². The lowest BCUT2D eigenvalue weighted by Gasteiger charge is -2.08. The van der Waals surface area contributed by atoms with E-state index in [0.717, 1.165) is 5.69 Å². The number of aryl methyl sites for hydroxylation is 1. The number of methoxy groups -OCH3 is 1. The van der Waals surface area contributed by atoms with Crippen LogP contribution in [0.25, 0.3) is 11.3 Å². The summed E-state index contributed by atoms with van der Waals surface area (Å²) < 4.78 is 11.4. The zero-order valence-corrected chi connectivity index (χ0v) is 17.6. The maximum atomic E-state index is 10.9. The SMILES string of the molecule is COCc1cc(C)nc(N/N=C\c2ccc(-c3ccc([N+](=O)[O-])cc3Br)o2)c1C#N. The molecule has 0 radical (unpaired) electrons. The number of nitro benzene ring substituents is 1. The minimum Gasteiger partial charge on any atom is -0.455 e. The molecular weight excluding hydrogens is 454 g/mol. The highest BCUT2D eigenvalue weighted by molar-refractivity contribution is 9.10. The monoisotopic (exact) mass is 469 g/mol. The lowest BCUT2D eigenvalue weighted by molar-refractivity contribution is -0.384. The molecular formula is C20H16BrN5O4. The maximum absolute atomic E-state index is 10.9. The van der Waals surface area contributed by atoms with Crippen molar-refractivity contribution in [3.05, 3.63) is 73.6 Å². The average molecular weight is 470 g/mol. The molecule has 1 aromatic carbocycles. The summed E-state index contributed by atoms with van der Waals surface area (Å²) in [6, 6.07) is 11.8. The molecule has 3 aromatic rings. The minimum atomic E-state index is -0.465. The van der Waals surface area contributed by atoms with E-state index in [1.54, 1.807) is 31.4 Å². The van der Waals surface area contributed by atoms with Gasteiger partial charge in [-0.3, -0.25) is 15.5 Å². The topological polar surface area (TPSA) is 127 Å². The number of nitro groups is 1. The third-order valence-electron chi connectivity index (χ3n) is 4.06. The first kappa shape index (κ1) is 21.2. The summed E-state index contributed by atoms with van der Waals surface area (Å²) in [6.07, 6.45) is 1.45. The lowest BCUT2D eigenvalue weighted by atomic mass is 10.1. The minimum absolute atomic E-state index is 0.0186. The summed E-state index contributed by atoms with van der Waals surface area (Å²) in [4.78, 5) is 14.7. The van der Waals surface area contributed by atoms with E-state index in [1.807, 2.05) is 6.92 Å². The van der Waals surface area contributed by atoms with Crippen LogP contribution < -0.4 is 5.43 Å². The zero-order valence-electron chi connectivity index (χ0n) is 16.0. The van der Waals surface area contributed by atoms with Gasteiger partial charge in [-0.05, 0) is 47.1 Å². The molecule has 0 aliphatic heterocycles. The van der Waals surface area contributed by atoms with E-state index < -0.39 is 4.92 Å². The van der Waals surface area contributed by atoms with Crippen molar-refractivity contribution in [3.8, 4) is 17.4 Å². The summed E-state index contributed by atoms with van der Waals surface area (Å²) >= 11 is 3.33. The molecule has 0 saturated carbocycles. The molecule has 10 heteroatoms. The molecule has 2 heterocycles. The van der Waals surface area contributed by atoms with Crippen LogP contribution in [-0.4, -0.2) is 23.2 Å². The number of rotatable bonds is 7. The molecule has 3 rings (SSSR count). The Kier molecular flexibility index (Phi) is 6.56. The van der Waals surface area contributed by atoms with Gasteiger partial charge in [0.2, 0.25) is 0 Å². The van der Waals surface area contributed by atoms with E-state index in [2.05, 4.69) is 37.5 Å². The molecule has 1 N–H and O–H groups in total. The van der Waals surface area contributed by atoms with Crippen LogP contribution in [0.5, 0.6) is 0 Å². The van der Waals surface area contributed by atoms with Crippen molar-refractivity contribution in [3.63, 3.8) is 0 Å². The second-order valence-electron chi connectivity index (χ2n) is 6.18. The van der Waals surface area contributed by atoms with Crippen molar-refractivity contribution in [2.45, 2.75) is 13.5 Å². The number of hydrogen-bond donors (Lipinski definition) is 1. The van der Waals surface area contributed by atoms with Crippen LogP contribution in [0, 0.1) is 28.4 Å². The Morgan fingerprint density at radius 1 is 1.40 bits per heavy atom. The molecule has 2 aromatic heterocycles. The standard InChI is InChI=1S/C20H16BrN5O4/c1-12-7-13(11-29-2)17(9-22)20(24-12)25-23-10-15-4-6-19(30-15)16-5-3-14(26(27)28)8-18(16)21/h3-8,10H,11H2,1-2H3,(H,24,25)/b23-10-. The van der Waals surface area contributed by atoms with E-state index in [0.29, 0.717) is 38.5 Å². The fourth-order valence-corrected chi connectivity index (χ4v) is 3.32. The lowest BCUT2D eigenvalue weighted by Crippen LogP contribution is -2.03. The fourth-order valence-electron chi connectivity index (χ4n) is 2.76. The number of nitrogens with zero attached hydrogens (tertiary/aromatic N) is 4. The van der Waals surface area contributed by atoms with Crippen LogP contribution >= 0.6 is 15.9 Å². The van der Waals surface area contributed by atoms with Crippen molar-refractivity contribution in [2.75, 3.05) is 12.5 Å². The first-order valence-electron chi connectivity index (χ1n) is 8.65. The molecule has 0 unspecified atom stereocenters. The zero-order chi connectivity index (χ0) is 21.7. The number of anilines is 1. The quantitative estimate of drug-likeness (QED) is 0.299. The van der Waals surface area contributed by atoms with Crippen molar-refractivity contribution < 1.29 is 14.1 Å². The van der Waals surface area contributed by atoms with Crippen LogP contribution in [0.15, 0.2) is 50.4 Å². The van der Waals surface area contributed by atoms with Gasteiger partial charge in [-0.15, -0.1) is 0 Å².